The van der Waals surface area contributed by atoms with E-state index in [-0.39, 0.29) is 43.3 Å². The maximum atomic E-state index is 14.4. The average molecular weight is 594 g/mol. The molecule has 1 spiro atoms. The van der Waals surface area contributed by atoms with Crippen molar-refractivity contribution in [3.8, 4) is 0 Å². The number of carbonyl (C=O) groups is 4. The lowest BCUT2D eigenvalue weighted by atomic mass is 9.77. The molecule has 2 saturated heterocycles. The maximum absolute atomic E-state index is 14.4. The number of carbonyl (C=O) groups excluding carboxylic acids is 4. The molecule has 5 rings (SSSR count). The molecule has 0 aliphatic carbocycles. The molecule has 1 aromatic rings. The van der Waals surface area contributed by atoms with Gasteiger partial charge in [-0.25, -0.2) is 0 Å². The Morgan fingerprint density at radius 2 is 1.79 bits per heavy atom. The third kappa shape index (κ3) is 6.13. The van der Waals surface area contributed by atoms with E-state index >= 15 is 0 Å². The summed E-state index contributed by atoms with van der Waals surface area (Å²) in [6.45, 7) is 4.83. The number of aliphatic hydroxyl groups is 1. The lowest BCUT2D eigenvalue weighted by Crippen LogP contribution is -2.56. The number of hydrogen-bond donors (Lipinski definition) is 2. The van der Waals surface area contributed by atoms with Crippen molar-refractivity contribution in [3.63, 3.8) is 0 Å². The van der Waals surface area contributed by atoms with Crippen LogP contribution in [0.4, 0.5) is 0 Å². The van der Waals surface area contributed by atoms with Crippen molar-refractivity contribution in [3.05, 3.63) is 60.2 Å². The summed E-state index contributed by atoms with van der Waals surface area (Å²) in [5, 5.41) is 12.0. The molecule has 2 N–H and O–H groups in total. The van der Waals surface area contributed by atoms with Gasteiger partial charge in [0.05, 0.1) is 18.6 Å². The van der Waals surface area contributed by atoms with E-state index in [1.54, 1.807) is 22.0 Å². The fourth-order valence-corrected chi connectivity index (χ4v) is 6.88. The molecule has 43 heavy (non-hydrogen) atoms. The van der Waals surface area contributed by atoms with E-state index in [4.69, 9.17) is 9.47 Å². The smallest absolute Gasteiger partial charge is 0.313 e. The van der Waals surface area contributed by atoms with Gasteiger partial charge in [0.2, 0.25) is 17.7 Å². The van der Waals surface area contributed by atoms with Crippen LogP contribution in [0.3, 0.4) is 0 Å². The third-order valence-electron chi connectivity index (χ3n) is 9.01. The van der Waals surface area contributed by atoms with Gasteiger partial charge in [0, 0.05) is 32.2 Å². The first-order valence-electron chi connectivity index (χ1n) is 15.5. The number of ether oxygens (including phenoxy) is 2. The van der Waals surface area contributed by atoms with E-state index < -0.39 is 41.7 Å². The zero-order valence-electron chi connectivity index (χ0n) is 25.0. The van der Waals surface area contributed by atoms with Crippen LogP contribution in [0.2, 0.25) is 0 Å². The van der Waals surface area contributed by atoms with Gasteiger partial charge in [0.25, 0.3) is 0 Å². The molecule has 4 heterocycles. The van der Waals surface area contributed by atoms with Crippen LogP contribution in [0, 0.1) is 11.8 Å². The summed E-state index contributed by atoms with van der Waals surface area (Å²) >= 11 is 0. The van der Waals surface area contributed by atoms with Crippen LogP contribution in [0.5, 0.6) is 0 Å². The van der Waals surface area contributed by atoms with Crippen LogP contribution in [0.15, 0.2) is 54.6 Å². The summed E-state index contributed by atoms with van der Waals surface area (Å²) in [5.41, 5.74) is -0.607. The minimum atomic E-state index is -1.34. The zero-order chi connectivity index (χ0) is 30.6. The van der Waals surface area contributed by atoms with E-state index in [1.807, 2.05) is 56.3 Å². The topological polar surface area (TPSA) is 125 Å². The molecule has 0 radical (unpaired) electrons. The number of amides is 3. The Kier molecular flexibility index (Phi) is 9.66. The predicted molar refractivity (Wildman–Crippen MR) is 158 cm³/mol. The Labute approximate surface area is 253 Å². The summed E-state index contributed by atoms with van der Waals surface area (Å²) < 4.78 is 12.8. The fourth-order valence-electron chi connectivity index (χ4n) is 6.88. The monoisotopic (exact) mass is 593 g/mol. The second-order valence-corrected chi connectivity index (χ2v) is 12.1. The van der Waals surface area contributed by atoms with Crippen molar-refractivity contribution in [1.29, 1.82) is 0 Å². The Hall–Kier alpha value is -3.50. The van der Waals surface area contributed by atoms with Crippen molar-refractivity contribution < 1.29 is 33.8 Å². The van der Waals surface area contributed by atoms with Crippen LogP contribution in [0.25, 0.3) is 0 Å². The predicted octanol–water partition coefficient (Wildman–Crippen LogP) is 2.68. The van der Waals surface area contributed by atoms with Crippen molar-refractivity contribution in [2.24, 2.45) is 11.8 Å². The highest BCUT2D eigenvalue weighted by Crippen LogP contribution is 2.53. The van der Waals surface area contributed by atoms with Gasteiger partial charge >= 0.3 is 5.97 Å². The van der Waals surface area contributed by atoms with E-state index in [0.717, 1.165) is 18.4 Å². The summed E-state index contributed by atoms with van der Waals surface area (Å²) in [6, 6.07) is 8.20. The number of hydrogen-bond acceptors (Lipinski definition) is 7. The van der Waals surface area contributed by atoms with Gasteiger partial charge in [0.1, 0.15) is 23.7 Å². The van der Waals surface area contributed by atoms with Gasteiger partial charge in [-0.15, -0.1) is 0 Å². The van der Waals surface area contributed by atoms with Gasteiger partial charge in [-0.2, -0.15) is 0 Å². The van der Waals surface area contributed by atoms with E-state index in [1.165, 1.54) is 0 Å². The molecule has 0 aromatic heterocycles. The van der Waals surface area contributed by atoms with Gasteiger partial charge < -0.3 is 29.7 Å². The van der Waals surface area contributed by atoms with Gasteiger partial charge in [0.15, 0.2) is 0 Å². The molecule has 232 valence electrons. The first-order valence-corrected chi connectivity index (χ1v) is 15.5. The number of unbranched alkanes of at least 4 members (excludes halogenated alkanes) is 3. The van der Waals surface area contributed by atoms with E-state index in [9.17, 15) is 24.3 Å². The molecule has 0 unspecified atom stereocenters. The van der Waals surface area contributed by atoms with Crippen LogP contribution < -0.4 is 5.32 Å². The standard InChI is InChI=1S/C33H43N3O7/c1-22(2)35-19-12-17-33-28(30(39)36(29(33)31(35)40)18-10-3-4-11-20-37)27-24(43-33)15-8-9-16-26(38)34-21-25(42-32(27)41)23-13-6-5-7-14-23/h5-8,12-15,17,22,24-25,27-29,37H,3-4,9-11,16,18-21H2,1-2H3,(H,34,38)/b15-8-/t24-,25+,27+,28+,29-,33+/m1/s1. The lowest BCUT2D eigenvalue weighted by molar-refractivity contribution is -0.160. The highest BCUT2D eigenvalue weighted by atomic mass is 16.6. The normalized spacial score (nSPS) is 31.9. The van der Waals surface area contributed by atoms with Crippen molar-refractivity contribution in [2.45, 2.75) is 82.3 Å². The van der Waals surface area contributed by atoms with Gasteiger partial charge in [-0.1, -0.05) is 67.5 Å². The van der Waals surface area contributed by atoms with Crippen LogP contribution in [-0.2, 0) is 28.7 Å². The maximum Gasteiger partial charge on any atom is 0.313 e. The number of cyclic esters (lactones) is 1. The molecule has 10 nitrogen and oxygen atoms in total. The molecular weight excluding hydrogens is 550 g/mol. The average Bonchev–Trinajstić information content (AvgIpc) is 3.37. The lowest BCUT2D eigenvalue weighted by Gasteiger charge is -2.36. The molecule has 4 aliphatic rings. The molecule has 3 amide bonds. The van der Waals surface area contributed by atoms with Crippen LogP contribution in [-0.4, -0.2) is 88.6 Å². The Morgan fingerprint density at radius 3 is 2.53 bits per heavy atom. The summed E-state index contributed by atoms with van der Waals surface area (Å²) in [4.78, 5) is 58.6. The number of aliphatic hydroxyl groups excluding tert-OH is 1. The second-order valence-electron chi connectivity index (χ2n) is 12.1. The summed E-state index contributed by atoms with van der Waals surface area (Å²) in [6.07, 6.45) is 9.36. The number of likely N-dealkylation sites (tertiary alicyclic amines) is 1. The van der Waals surface area contributed by atoms with E-state index in [0.29, 0.717) is 32.4 Å². The summed E-state index contributed by atoms with van der Waals surface area (Å²) in [5.74, 6) is -3.16. The van der Waals surface area contributed by atoms with Crippen molar-refractivity contribution >= 4 is 23.7 Å². The fraction of sp³-hybridized carbons (Fsp3) is 0.576. The first-order chi connectivity index (χ1) is 20.8. The Morgan fingerprint density at radius 1 is 1.02 bits per heavy atom. The molecule has 0 bridgehead atoms. The Balaban J connectivity index is 1.53. The second kappa shape index (κ2) is 13.4. The number of rotatable bonds is 8. The molecule has 6 atom stereocenters. The minimum absolute atomic E-state index is 0.0935. The number of nitrogens with zero attached hydrogens (tertiary/aromatic N) is 2. The molecule has 2 fully saturated rings. The Bertz CT molecular complexity index is 1250. The highest BCUT2D eigenvalue weighted by Gasteiger charge is 2.71. The third-order valence-corrected chi connectivity index (χ3v) is 9.01. The van der Waals surface area contributed by atoms with Crippen LogP contribution in [0.1, 0.15) is 64.0 Å². The largest absolute Gasteiger partial charge is 0.455 e. The van der Waals surface area contributed by atoms with Crippen molar-refractivity contribution in [1.82, 2.24) is 15.1 Å². The number of fused-ring (bicyclic) bond motifs is 2. The quantitative estimate of drug-likeness (QED) is 0.270. The number of nitrogens with one attached hydrogen (secondary N) is 1. The van der Waals surface area contributed by atoms with E-state index in [2.05, 4.69) is 5.32 Å². The molecular formula is C33H43N3O7. The molecule has 4 aliphatic heterocycles. The molecule has 0 saturated carbocycles. The summed E-state index contributed by atoms with van der Waals surface area (Å²) in [7, 11) is 0. The first kappa shape index (κ1) is 30.9. The zero-order valence-corrected chi connectivity index (χ0v) is 25.0. The van der Waals surface area contributed by atoms with Gasteiger partial charge in [-0.05, 0) is 38.7 Å². The number of benzene rings is 1. The van der Waals surface area contributed by atoms with Gasteiger partial charge in [-0.3, -0.25) is 19.2 Å². The molecule has 10 heteroatoms. The van der Waals surface area contributed by atoms with Crippen LogP contribution >= 0.6 is 0 Å². The van der Waals surface area contributed by atoms with Crippen molar-refractivity contribution in [2.75, 3.05) is 26.2 Å². The highest BCUT2D eigenvalue weighted by molar-refractivity contribution is 5.99. The minimum Gasteiger partial charge on any atom is -0.455 e. The SMILES string of the molecule is CC(C)N1CC=C[C@]23O[C@@H]4/C=C\CCC(=O)NC[C@@H](c5ccccc5)OC(=O)[C@@H]4[C@H]2C(=O)N(CCCCCCO)[C@@H]3C1=O. The number of allylic oxidation sites excluding steroid dienone is 1. The molecule has 1 aromatic carbocycles. The number of esters is 1.